The second-order valence-corrected chi connectivity index (χ2v) is 7.62. The summed E-state index contributed by atoms with van der Waals surface area (Å²) < 4.78 is 0. The van der Waals surface area contributed by atoms with Crippen LogP contribution in [0.4, 0.5) is 5.69 Å². The fourth-order valence-electron chi connectivity index (χ4n) is 3.63. The van der Waals surface area contributed by atoms with Crippen molar-refractivity contribution >= 4 is 34.7 Å². The number of aromatic amines is 1. The number of nitrogens with one attached hydrogen (secondary N) is 2. The van der Waals surface area contributed by atoms with E-state index in [1.165, 1.54) is 5.56 Å². The summed E-state index contributed by atoms with van der Waals surface area (Å²) in [6.45, 7) is 2.48. The fourth-order valence-corrected chi connectivity index (χ4v) is 3.98. The number of amidine groups is 1. The van der Waals surface area contributed by atoms with Crippen LogP contribution in [0.5, 0.6) is 0 Å². The molecule has 2 aliphatic rings. The molecule has 2 aliphatic heterocycles. The molecular weight excluding hydrogens is 361 g/mol. The molecule has 0 bridgehead atoms. The van der Waals surface area contributed by atoms with Gasteiger partial charge >= 0.3 is 0 Å². The van der Waals surface area contributed by atoms with Gasteiger partial charge in [0.2, 0.25) is 0 Å². The molecule has 0 atom stereocenters. The number of tetrazole rings is 1. The maximum Gasteiger partial charge on any atom is 0.195 e. The summed E-state index contributed by atoms with van der Waals surface area (Å²) in [7, 11) is 2.16. The molecule has 1 spiro atoms. The van der Waals surface area contributed by atoms with Crippen LogP contribution < -0.4 is 5.32 Å². The first kappa shape index (κ1) is 16.8. The Morgan fingerprint density at radius 1 is 1.24 bits per heavy atom. The van der Waals surface area contributed by atoms with Gasteiger partial charge in [-0.2, -0.15) is 5.21 Å². The summed E-state index contributed by atoms with van der Waals surface area (Å²) in [5.41, 5.74) is 2.16. The van der Waals surface area contributed by atoms with Crippen molar-refractivity contribution < 1.29 is 0 Å². The van der Waals surface area contributed by atoms with Crippen LogP contribution in [0, 0.1) is 5.41 Å². The van der Waals surface area contributed by atoms with Crippen LogP contribution in [0.1, 0.15) is 24.2 Å². The number of piperidine rings is 1. The summed E-state index contributed by atoms with van der Waals surface area (Å²) in [6.07, 6.45) is 2.99. The molecule has 1 aromatic heterocycles. The summed E-state index contributed by atoms with van der Waals surface area (Å²) in [4.78, 5) is 7.16. The van der Waals surface area contributed by atoms with Gasteiger partial charge in [-0.15, -0.1) is 10.2 Å². The number of aliphatic imine (C=N–C) groups is 1. The van der Waals surface area contributed by atoms with Crippen LogP contribution in [0.15, 0.2) is 17.1 Å². The van der Waals surface area contributed by atoms with Crippen LogP contribution in [0.3, 0.4) is 0 Å². The first-order valence-electron chi connectivity index (χ1n) is 8.26. The summed E-state index contributed by atoms with van der Waals surface area (Å²) in [6, 6.07) is 3.85. The van der Waals surface area contributed by atoms with Gasteiger partial charge in [0.25, 0.3) is 0 Å². The molecule has 3 heterocycles. The standard InChI is InChI=1S/C16H19Cl2N7/c1-25-4-2-16(3-5-25)8-10-6-11(17)12(18)7-13(10)20-15(16)19-9-14-21-23-24-22-14/h6-7H,2-5,8-9H2,1H3,(H,19,20)(H,21,22,23,24). The zero-order valence-electron chi connectivity index (χ0n) is 13.9. The van der Waals surface area contributed by atoms with Crippen molar-refractivity contribution in [1.29, 1.82) is 0 Å². The summed E-state index contributed by atoms with van der Waals surface area (Å²) >= 11 is 12.4. The highest BCUT2D eigenvalue weighted by atomic mass is 35.5. The van der Waals surface area contributed by atoms with E-state index in [0.29, 0.717) is 22.4 Å². The Bertz CT molecular complexity index is 795. The van der Waals surface area contributed by atoms with E-state index >= 15 is 0 Å². The van der Waals surface area contributed by atoms with E-state index in [2.05, 4.69) is 37.9 Å². The molecule has 25 heavy (non-hydrogen) atoms. The number of likely N-dealkylation sites (tertiary alicyclic amines) is 1. The topological polar surface area (TPSA) is 82.1 Å². The van der Waals surface area contributed by atoms with Crippen LogP contribution >= 0.6 is 23.2 Å². The lowest BCUT2D eigenvalue weighted by Gasteiger charge is -2.45. The third-order valence-corrected chi connectivity index (χ3v) is 5.86. The van der Waals surface area contributed by atoms with E-state index in [0.717, 1.165) is 43.9 Å². The normalized spacial score (nSPS) is 21.3. The van der Waals surface area contributed by atoms with Crippen LogP contribution in [-0.2, 0) is 13.0 Å². The van der Waals surface area contributed by atoms with Gasteiger partial charge in [0.05, 0.1) is 10.0 Å². The van der Waals surface area contributed by atoms with Crippen LogP contribution in [-0.4, -0.2) is 51.5 Å². The third kappa shape index (κ3) is 3.23. The van der Waals surface area contributed by atoms with Gasteiger partial charge < -0.3 is 10.2 Å². The lowest BCUT2D eigenvalue weighted by atomic mass is 9.70. The first-order chi connectivity index (χ1) is 12.1. The number of hydrogen-bond acceptors (Lipinski definition) is 5. The Morgan fingerprint density at radius 3 is 2.72 bits per heavy atom. The van der Waals surface area contributed by atoms with E-state index in [9.17, 15) is 0 Å². The Balaban J connectivity index is 1.70. The molecule has 0 unspecified atom stereocenters. The minimum atomic E-state index is -0.0135. The summed E-state index contributed by atoms with van der Waals surface area (Å²) in [5.74, 6) is 1.56. The largest absolute Gasteiger partial charge is 0.343 e. The van der Waals surface area contributed by atoms with Gasteiger partial charge in [-0.05, 0) is 57.1 Å². The zero-order chi connectivity index (χ0) is 17.4. The average molecular weight is 380 g/mol. The number of halogens is 2. The number of aromatic nitrogens is 4. The van der Waals surface area contributed by atoms with Crippen molar-refractivity contribution in [3.8, 4) is 0 Å². The minimum absolute atomic E-state index is 0.0135. The van der Waals surface area contributed by atoms with Crippen molar-refractivity contribution in [2.75, 3.05) is 25.5 Å². The Kier molecular flexibility index (Phi) is 4.39. The molecule has 0 saturated carbocycles. The molecule has 1 fully saturated rings. The quantitative estimate of drug-likeness (QED) is 0.837. The SMILES string of the molecule is CN1CCC2(CC1)Cc1cc(Cl)c(Cl)cc1NC2=NCc1nn[nH]n1. The molecule has 0 amide bonds. The van der Waals surface area contributed by atoms with Crippen LogP contribution in [0.25, 0.3) is 0 Å². The maximum atomic E-state index is 6.24. The molecule has 1 aromatic carbocycles. The smallest absolute Gasteiger partial charge is 0.195 e. The van der Waals surface area contributed by atoms with E-state index in [1.807, 2.05) is 12.1 Å². The molecule has 2 aromatic rings. The molecule has 2 N–H and O–H groups in total. The summed E-state index contributed by atoms with van der Waals surface area (Å²) in [5, 5.41) is 18.7. The van der Waals surface area contributed by atoms with Gasteiger partial charge in [-0.1, -0.05) is 28.4 Å². The molecule has 7 nitrogen and oxygen atoms in total. The second-order valence-electron chi connectivity index (χ2n) is 6.80. The highest BCUT2D eigenvalue weighted by molar-refractivity contribution is 6.42. The Morgan fingerprint density at radius 2 is 2.00 bits per heavy atom. The predicted octanol–water partition coefficient (Wildman–Crippen LogP) is 2.79. The first-order valence-corrected chi connectivity index (χ1v) is 9.02. The van der Waals surface area contributed by atoms with Gasteiger partial charge in [0, 0.05) is 11.1 Å². The number of hydrogen-bond donors (Lipinski definition) is 2. The number of benzene rings is 1. The van der Waals surface area contributed by atoms with Crippen molar-refractivity contribution in [2.45, 2.75) is 25.8 Å². The second kappa shape index (κ2) is 6.55. The van der Waals surface area contributed by atoms with Crippen molar-refractivity contribution in [2.24, 2.45) is 10.4 Å². The van der Waals surface area contributed by atoms with E-state index in [1.54, 1.807) is 0 Å². The van der Waals surface area contributed by atoms with Crippen molar-refractivity contribution in [3.05, 3.63) is 33.6 Å². The number of rotatable bonds is 2. The third-order valence-electron chi connectivity index (χ3n) is 5.14. The molecule has 132 valence electrons. The van der Waals surface area contributed by atoms with E-state index in [4.69, 9.17) is 28.2 Å². The number of anilines is 1. The lowest BCUT2D eigenvalue weighted by molar-refractivity contribution is 0.178. The van der Waals surface area contributed by atoms with Crippen LogP contribution in [0.2, 0.25) is 10.0 Å². The molecule has 0 radical (unpaired) electrons. The van der Waals surface area contributed by atoms with Gasteiger partial charge in [0.15, 0.2) is 5.82 Å². The minimum Gasteiger partial charge on any atom is -0.343 e. The van der Waals surface area contributed by atoms with Gasteiger partial charge in [-0.3, -0.25) is 4.99 Å². The monoisotopic (exact) mass is 379 g/mol. The molecule has 1 saturated heterocycles. The van der Waals surface area contributed by atoms with Crippen molar-refractivity contribution in [1.82, 2.24) is 25.5 Å². The van der Waals surface area contributed by atoms with Crippen molar-refractivity contribution in [3.63, 3.8) is 0 Å². The number of nitrogens with zero attached hydrogens (tertiary/aromatic N) is 5. The predicted molar refractivity (Wildman–Crippen MR) is 98.3 cm³/mol. The van der Waals surface area contributed by atoms with E-state index in [-0.39, 0.29) is 5.41 Å². The van der Waals surface area contributed by atoms with E-state index < -0.39 is 0 Å². The highest BCUT2D eigenvalue weighted by Gasteiger charge is 2.42. The molecular formula is C16H19Cl2N7. The molecule has 0 aliphatic carbocycles. The molecule has 4 rings (SSSR count). The lowest BCUT2D eigenvalue weighted by Crippen LogP contribution is -2.49. The number of fused-ring (bicyclic) bond motifs is 1. The number of H-pyrrole nitrogens is 1. The maximum absolute atomic E-state index is 6.24. The Hall–Kier alpha value is -1.70. The van der Waals surface area contributed by atoms with Gasteiger partial charge in [-0.25, -0.2) is 0 Å². The molecule has 9 heteroatoms. The fraction of sp³-hybridized carbons (Fsp3) is 0.500. The Labute approximate surface area is 155 Å². The average Bonchev–Trinajstić information content (AvgIpc) is 3.11. The highest BCUT2D eigenvalue weighted by Crippen LogP contribution is 2.44. The van der Waals surface area contributed by atoms with Gasteiger partial charge in [0.1, 0.15) is 12.4 Å². The zero-order valence-corrected chi connectivity index (χ0v) is 15.4.